The Labute approximate surface area is 195 Å². The average molecular weight is 459 g/mol. The summed E-state index contributed by atoms with van der Waals surface area (Å²) >= 11 is 1.52. The van der Waals surface area contributed by atoms with Gasteiger partial charge in [0.25, 0.3) is 0 Å². The molecule has 0 radical (unpaired) electrons. The Balaban J connectivity index is 1.76. The van der Waals surface area contributed by atoms with E-state index in [0.717, 1.165) is 16.8 Å². The molecule has 0 unspecified atom stereocenters. The molecule has 5 rings (SSSR count). The van der Waals surface area contributed by atoms with Gasteiger partial charge in [-0.1, -0.05) is 60.3 Å². The summed E-state index contributed by atoms with van der Waals surface area (Å²) in [4.78, 5) is 32.3. The molecule has 0 bridgehead atoms. The predicted molar refractivity (Wildman–Crippen MR) is 128 cm³/mol. The number of allylic oxidation sites excluding steroid dienone is 1. The van der Waals surface area contributed by atoms with E-state index in [2.05, 4.69) is 4.99 Å². The standard InChI is InChI=1S/C25H22N4O3S/c1-16-21(24(31)32-2)23(29-20(30)13-14-33-25(29)26-16)19-15-28(18-11-7-4-8-12-18)27-22(19)17-9-5-3-6-10-17/h3-12,15,23H,13-14H2,1-2H3/t23-/m0/s1. The fourth-order valence-corrected chi connectivity index (χ4v) is 5.19. The third-order valence-corrected chi connectivity index (χ3v) is 6.67. The summed E-state index contributed by atoms with van der Waals surface area (Å²) in [6.45, 7) is 1.78. The van der Waals surface area contributed by atoms with E-state index in [0.29, 0.717) is 34.3 Å². The van der Waals surface area contributed by atoms with Crippen molar-refractivity contribution >= 4 is 28.8 Å². The third kappa shape index (κ3) is 3.76. The van der Waals surface area contributed by atoms with Crippen molar-refractivity contribution in [3.05, 3.63) is 83.7 Å². The van der Waals surface area contributed by atoms with Crippen LogP contribution in [0.4, 0.5) is 0 Å². The molecule has 33 heavy (non-hydrogen) atoms. The SMILES string of the molecule is COC(=O)C1=C(C)N=C2SCCC(=O)N2[C@H]1c1cn(-c2ccccc2)nc1-c1ccccc1. The van der Waals surface area contributed by atoms with Crippen molar-refractivity contribution in [2.75, 3.05) is 12.9 Å². The maximum absolute atomic E-state index is 13.1. The molecule has 0 saturated carbocycles. The summed E-state index contributed by atoms with van der Waals surface area (Å²) in [5.41, 5.74) is 4.11. The normalized spacial score (nSPS) is 18.1. The molecule has 2 aliphatic rings. The second-order valence-corrected chi connectivity index (χ2v) is 8.79. The molecule has 7 nitrogen and oxygen atoms in total. The van der Waals surface area contributed by atoms with Gasteiger partial charge in [-0.25, -0.2) is 14.5 Å². The number of aliphatic imine (C=N–C) groups is 1. The molecular weight excluding hydrogens is 436 g/mol. The minimum Gasteiger partial charge on any atom is -0.466 e. The minimum atomic E-state index is -0.682. The Morgan fingerprint density at radius 1 is 1.09 bits per heavy atom. The number of nitrogens with zero attached hydrogens (tertiary/aromatic N) is 4. The number of amides is 1. The van der Waals surface area contributed by atoms with E-state index in [1.165, 1.54) is 18.9 Å². The summed E-state index contributed by atoms with van der Waals surface area (Å²) < 4.78 is 6.91. The van der Waals surface area contributed by atoms with E-state index in [9.17, 15) is 9.59 Å². The Morgan fingerprint density at radius 3 is 2.48 bits per heavy atom. The molecule has 1 atom stereocenters. The third-order valence-electron chi connectivity index (χ3n) is 5.72. The number of para-hydroxylation sites is 1. The lowest BCUT2D eigenvalue weighted by Crippen LogP contribution is -2.45. The molecule has 1 saturated heterocycles. The van der Waals surface area contributed by atoms with Crippen molar-refractivity contribution in [3.63, 3.8) is 0 Å². The molecule has 2 aliphatic heterocycles. The minimum absolute atomic E-state index is 0.0714. The highest BCUT2D eigenvalue weighted by atomic mass is 32.2. The summed E-state index contributed by atoms with van der Waals surface area (Å²) in [5.74, 6) is 0.0873. The molecule has 8 heteroatoms. The van der Waals surface area contributed by atoms with Gasteiger partial charge in [-0.3, -0.25) is 9.69 Å². The summed E-state index contributed by atoms with van der Waals surface area (Å²) in [7, 11) is 1.34. The Morgan fingerprint density at radius 2 is 1.79 bits per heavy atom. The van der Waals surface area contributed by atoms with Gasteiger partial charge in [-0.2, -0.15) is 5.10 Å². The smallest absolute Gasteiger partial charge is 0.338 e. The first-order valence-electron chi connectivity index (χ1n) is 10.6. The summed E-state index contributed by atoms with van der Waals surface area (Å²) in [6.07, 6.45) is 2.27. The van der Waals surface area contributed by atoms with Gasteiger partial charge in [0.1, 0.15) is 6.04 Å². The number of esters is 1. The van der Waals surface area contributed by atoms with Crippen molar-refractivity contribution in [1.82, 2.24) is 14.7 Å². The van der Waals surface area contributed by atoms with Gasteiger partial charge < -0.3 is 4.74 Å². The van der Waals surface area contributed by atoms with E-state index in [-0.39, 0.29) is 5.91 Å². The van der Waals surface area contributed by atoms with Crippen LogP contribution in [0.1, 0.15) is 24.9 Å². The Hall–Kier alpha value is -3.65. The van der Waals surface area contributed by atoms with Crippen molar-refractivity contribution in [1.29, 1.82) is 0 Å². The first kappa shape index (κ1) is 21.2. The number of methoxy groups -OCH3 is 1. The van der Waals surface area contributed by atoms with Crippen LogP contribution >= 0.6 is 11.8 Å². The second-order valence-electron chi connectivity index (χ2n) is 7.73. The van der Waals surface area contributed by atoms with Crippen LogP contribution in [0.3, 0.4) is 0 Å². The number of hydrogen-bond donors (Lipinski definition) is 0. The number of ether oxygens (including phenoxy) is 1. The zero-order chi connectivity index (χ0) is 22.9. The largest absolute Gasteiger partial charge is 0.466 e. The molecule has 0 aliphatic carbocycles. The van der Waals surface area contributed by atoms with Crippen LogP contribution in [0.15, 0.2) is 83.1 Å². The number of carbonyl (C=O) groups is 2. The number of rotatable bonds is 4. The summed E-state index contributed by atoms with van der Waals surface area (Å²) in [5, 5.41) is 5.50. The number of fused-ring (bicyclic) bond motifs is 1. The zero-order valence-electron chi connectivity index (χ0n) is 18.3. The van der Waals surface area contributed by atoms with E-state index >= 15 is 0 Å². The van der Waals surface area contributed by atoms with Crippen LogP contribution in [-0.4, -0.2) is 44.6 Å². The van der Waals surface area contributed by atoms with Gasteiger partial charge in [0.15, 0.2) is 5.17 Å². The number of amidine groups is 1. The number of thioether (sulfide) groups is 1. The van der Waals surface area contributed by atoms with Crippen molar-refractivity contribution in [2.45, 2.75) is 19.4 Å². The summed E-state index contributed by atoms with van der Waals surface area (Å²) in [6, 6.07) is 18.8. The quantitative estimate of drug-likeness (QED) is 0.543. The molecule has 1 aromatic heterocycles. The zero-order valence-corrected chi connectivity index (χ0v) is 19.1. The van der Waals surface area contributed by atoms with Crippen molar-refractivity contribution < 1.29 is 14.3 Å². The fourth-order valence-electron chi connectivity index (χ4n) is 4.18. The Kier molecular flexibility index (Phi) is 5.60. The lowest BCUT2D eigenvalue weighted by atomic mass is 9.92. The highest BCUT2D eigenvalue weighted by Crippen LogP contribution is 2.43. The molecule has 3 aromatic rings. The van der Waals surface area contributed by atoms with Gasteiger partial charge in [-0.05, 0) is 19.1 Å². The molecular formula is C25H22N4O3S. The number of hydrogen-bond acceptors (Lipinski definition) is 6. The molecule has 0 N–H and O–H groups in total. The van der Waals surface area contributed by atoms with Crippen LogP contribution in [0.5, 0.6) is 0 Å². The van der Waals surface area contributed by atoms with Gasteiger partial charge in [0, 0.05) is 29.5 Å². The Bertz CT molecular complexity index is 1280. The highest BCUT2D eigenvalue weighted by molar-refractivity contribution is 8.14. The molecule has 1 fully saturated rings. The number of aromatic nitrogens is 2. The van der Waals surface area contributed by atoms with Gasteiger partial charge in [0.2, 0.25) is 5.91 Å². The van der Waals surface area contributed by atoms with E-state index < -0.39 is 12.0 Å². The molecule has 3 heterocycles. The van der Waals surface area contributed by atoms with Crippen molar-refractivity contribution in [2.24, 2.45) is 4.99 Å². The number of benzene rings is 2. The average Bonchev–Trinajstić information content (AvgIpc) is 3.29. The first-order chi connectivity index (χ1) is 16.1. The first-order valence-corrected chi connectivity index (χ1v) is 11.6. The maximum Gasteiger partial charge on any atom is 0.338 e. The maximum atomic E-state index is 13.1. The topological polar surface area (TPSA) is 76.8 Å². The van der Waals surface area contributed by atoms with Crippen LogP contribution in [0.2, 0.25) is 0 Å². The van der Waals surface area contributed by atoms with Gasteiger partial charge in [-0.15, -0.1) is 0 Å². The lowest BCUT2D eigenvalue weighted by molar-refractivity contribution is -0.137. The molecule has 0 spiro atoms. The molecule has 2 aromatic carbocycles. The highest BCUT2D eigenvalue weighted by Gasteiger charge is 2.43. The van der Waals surface area contributed by atoms with Crippen LogP contribution in [0.25, 0.3) is 16.9 Å². The van der Waals surface area contributed by atoms with Crippen LogP contribution in [0, 0.1) is 0 Å². The predicted octanol–water partition coefficient (Wildman–Crippen LogP) is 4.36. The van der Waals surface area contributed by atoms with Gasteiger partial charge in [0.05, 0.1) is 29.8 Å². The lowest BCUT2D eigenvalue weighted by Gasteiger charge is -2.38. The van der Waals surface area contributed by atoms with Crippen LogP contribution in [-0.2, 0) is 14.3 Å². The van der Waals surface area contributed by atoms with Gasteiger partial charge >= 0.3 is 5.97 Å². The fraction of sp³-hybridized carbons (Fsp3) is 0.200. The van der Waals surface area contributed by atoms with Crippen LogP contribution < -0.4 is 0 Å². The van der Waals surface area contributed by atoms with E-state index in [1.807, 2.05) is 66.9 Å². The second kappa shape index (κ2) is 8.71. The molecule has 166 valence electrons. The molecule has 1 amide bonds. The number of carbonyl (C=O) groups excluding carboxylic acids is 2. The van der Waals surface area contributed by atoms with E-state index in [4.69, 9.17) is 9.84 Å². The van der Waals surface area contributed by atoms with E-state index in [1.54, 1.807) is 16.5 Å². The van der Waals surface area contributed by atoms with Crippen molar-refractivity contribution in [3.8, 4) is 16.9 Å². The monoisotopic (exact) mass is 458 g/mol.